The van der Waals surface area contributed by atoms with Gasteiger partial charge in [0.05, 0.1) is 5.92 Å². The molecule has 0 radical (unpaired) electrons. The maximum atomic E-state index is 9.76. The molecule has 6 nitrogen and oxygen atoms in total. The number of carboxylic acid groups (broad SMARTS) is 2. The van der Waals surface area contributed by atoms with Gasteiger partial charge >= 0.3 is 5.97 Å². The van der Waals surface area contributed by atoms with Crippen molar-refractivity contribution in [3.05, 3.63) is 0 Å². The van der Waals surface area contributed by atoms with E-state index in [1.165, 1.54) is 0 Å². The van der Waals surface area contributed by atoms with Crippen LogP contribution < -0.4 is 0 Å². The van der Waals surface area contributed by atoms with Crippen molar-refractivity contribution in [2.75, 3.05) is 13.2 Å². The lowest BCUT2D eigenvalue weighted by Gasteiger charge is -1.75. The lowest BCUT2D eigenvalue weighted by atomic mass is 10.5. The molecule has 6 heteroatoms. The summed E-state index contributed by atoms with van der Waals surface area (Å²) in [5, 5.41) is 31.1. The second-order valence-corrected chi connectivity index (χ2v) is 2.64. The molecule has 1 saturated carbocycles. The molecule has 0 amide bonds. The summed E-state index contributed by atoms with van der Waals surface area (Å²) in [5.41, 5.74) is 0. The van der Waals surface area contributed by atoms with Crippen LogP contribution in [0.15, 0.2) is 0 Å². The van der Waals surface area contributed by atoms with Crippen molar-refractivity contribution >= 4 is 12.4 Å². The number of hydrogen-bond donors (Lipinski definition) is 4. The molecule has 0 unspecified atom stereocenters. The fraction of sp³-hybridized carbons (Fsp3) is 0.455. The van der Waals surface area contributed by atoms with E-state index in [1.54, 1.807) is 0 Å². The van der Waals surface area contributed by atoms with Crippen LogP contribution in [0.3, 0.4) is 0 Å². The average molecular weight is 242 g/mol. The minimum atomic E-state index is -0.630. The SMILES string of the molecule is O=C(O)C1CC1.O=CO.OCC#CC#CCO. The Morgan fingerprint density at radius 1 is 1.18 bits per heavy atom. The van der Waals surface area contributed by atoms with E-state index < -0.39 is 5.97 Å². The third-order valence-electron chi connectivity index (χ3n) is 1.32. The molecule has 0 aromatic rings. The van der Waals surface area contributed by atoms with Crippen LogP contribution in [0.2, 0.25) is 0 Å². The van der Waals surface area contributed by atoms with Crippen molar-refractivity contribution in [2.24, 2.45) is 5.92 Å². The van der Waals surface area contributed by atoms with Crippen molar-refractivity contribution < 1.29 is 30.0 Å². The zero-order valence-electron chi connectivity index (χ0n) is 9.09. The number of carbonyl (C=O) groups is 2. The molecule has 1 aliphatic rings. The van der Waals surface area contributed by atoms with E-state index >= 15 is 0 Å². The zero-order valence-corrected chi connectivity index (χ0v) is 9.09. The Kier molecular flexibility index (Phi) is 14.3. The Morgan fingerprint density at radius 2 is 1.53 bits per heavy atom. The van der Waals surface area contributed by atoms with Gasteiger partial charge in [0.1, 0.15) is 13.2 Å². The van der Waals surface area contributed by atoms with E-state index in [4.69, 9.17) is 25.2 Å². The van der Waals surface area contributed by atoms with E-state index in [0.29, 0.717) is 0 Å². The van der Waals surface area contributed by atoms with Crippen LogP contribution in [0.25, 0.3) is 0 Å². The first kappa shape index (κ1) is 17.4. The van der Waals surface area contributed by atoms with E-state index in [-0.39, 0.29) is 25.6 Å². The van der Waals surface area contributed by atoms with Gasteiger partial charge in [-0.15, -0.1) is 0 Å². The van der Waals surface area contributed by atoms with Crippen LogP contribution in [-0.2, 0) is 9.59 Å². The number of aliphatic carboxylic acids is 1. The lowest BCUT2D eigenvalue weighted by Crippen LogP contribution is -1.94. The molecule has 0 aliphatic heterocycles. The van der Waals surface area contributed by atoms with Crippen LogP contribution in [0.4, 0.5) is 0 Å². The smallest absolute Gasteiger partial charge is 0.306 e. The zero-order chi connectivity index (χ0) is 13.5. The molecule has 0 bridgehead atoms. The van der Waals surface area contributed by atoms with Gasteiger partial charge in [-0.1, -0.05) is 11.8 Å². The number of hydrogen-bond acceptors (Lipinski definition) is 4. The normalized spacial score (nSPS) is 10.7. The first-order chi connectivity index (χ1) is 8.13. The Morgan fingerprint density at radius 3 is 1.65 bits per heavy atom. The van der Waals surface area contributed by atoms with Gasteiger partial charge < -0.3 is 20.4 Å². The highest BCUT2D eigenvalue weighted by Crippen LogP contribution is 2.28. The first-order valence-electron chi connectivity index (χ1n) is 4.62. The summed E-state index contributed by atoms with van der Waals surface area (Å²) in [6.07, 6.45) is 1.80. The largest absolute Gasteiger partial charge is 0.483 e. The van der Waals surface area contributed by atoms with Gasteiger partial charge in [0.2, 0.25) is 0 Å². The quantitative estimate of drug-likeness (QED) is 0.352. The molecule has 1 fully saturated rings. The summed E-state index contributed by atoms with van der Waals surface area (Å²) in [4.78, 5) is 18.1. The number of rotatable bonds is 1. The van der Waals surface area contributed by atoms with E-state index in [2.05, 4.69) is 23.7 Å². The minimum Gasteiger partial charge on any atom is -0.483 e. The number of aliphatic hydroxyl groups is 2. The Bertz CT molecular complexity index is 303. The topological polar surface area (TPSA) is 115 Å². The highest BCUT2D eigenvalue weighted by Gasteiger charge is 2.28. The van der Waals surface area contributed by atoms with Gasteiger partial charge in [-0.3, -0.25) is 9.59 Å². The molecule has 1 aliphatic carbocycles. The Balaban J connectivity index is 0. The fourth-order valence-corrected chi connectivity index (χ4v) is 0.498. The van der Waals surface area contributed by atoms with Crippen molar-refractivity contribution in [1.29, 1.82) is 0 Å². The lowest BCUT2D eigenvalue weighted by molar-refractivity contribution is -0.138. The fourth-order valence-electron chi connectivity index (χ4n) is 0.498. The molecule has 0 saturated heterocycles. The van der Waals surface area contributed by atoms with Gasteiger partial charge in [-0.25, -0.2) is 0 Å². The second kappa shape index (κ2) is 14.0. The van der Waals surface area contributed by atoms with Gasteiger partial charge in [-0.2, -0.15) is 0 Å². The summed E-state index contributed by atoms with van der Waals surface area (Å²) in [7, 11) is 0. The molecule has 17 heavy (non-hydrogen) atoms. The molecular formula is C11H14O6. The molecular weight excluding hydrogens is 228 g/mol. The van der Waals surface area contributed by atoms with Crippen molar-refractivity contribution in [2.45, 2.75) is 12.8 Å². The molecule has 94 valence electrons. The summed E-state index contributed by atoms with van der Waals surface area (Å²) in [6, 6.07) is 0. The van der Waals surface area contributed by atoms with Gasteiger partial charge in [0.25, 0.3) is 6.47 Å². The van der Waals surface area contributed by atoms with Gasteiger partial charge in [0.15, 0.2) is 0 Å². The standard InChI is InChI=1S/C6H6O2.C4H6O2.CH2O2/c7-5-3-1-2-4-6-8;5-4(6)3-1-2-3;2-1-3/h7-8H,5-6H2;3H,1-2H2,(H,5,6);1H,(H,2,3). The van der Waals surface area contributed by atoms with Crippen LogP contribution >= 0.6 is 0 Å². The summed E-state index contributed by atoms with van der Waals surface area (Å²) < 4.78 is 0. The maximum Gasteiger partial charge on any atom is 0.306 e. The minimum absolute atomic E-state index is 0.0185. The molecule has 0 aromatic carbocycles. The molecule has 0 aromatic heterocycles. The summed E-state index contributed by atoms with van der Waals surface area (Å²) in [6.45, 7) is -0.611. The van der Waals surface area contributed by atoms with Crippen LogP contribution in [-0.4, -0.2) is 46.1 Å². The Hall–Kier alpha value is -2.02. The van der Waals surface area contributed by atoms with Crippen LogP contribution in [0.5, 0.6) is 0 Å². The third-order valence-corrected chi connectivity index (χ3v) is 1.32. The highest BCUT2D eigenvalue weighted by atomic mass is 16.4. The van der Waals surface area contributed by atoms with Crippen LogP contribution in [0, 0.1) is 29.6 Å². The van der Waals surface area contributed by atoms with E-state index in [1.807, 2.05) is 0 Å². The van der Waals surface area contributed by atoms with Crippen molar-refractivity contribution in [1.82, 2.24) is 0 Å². The van der Waals surface area contributed by atoms with Crippen molar-refractivity contribution in [3.8, 4) is 23.7 Å². The number of carboxylic acids is 1. The summed E-state index contributed by atoms with van der Waals surface area (Å²) >= 11 is 0. The molecule has 0 spiro atoms. The third kappa shape index (κ3) is 20.1. The van der Waals surface area contributed by atoms with Crippen LogP contribution in [0.1, 0.15) is 12.8 Å². The average Bonchev–Trinajstić information content (AvgIpc) is 3.10. The monoisotopic (exact) mass is 242 g/mol. The molecule has 4 N–H and O–H groups in total. The predicted octanol–water partition coefficient (Wildman–Crippen LogP) is -0.840. The maximum absolute atomic E-state index is 9.76. The van der Waals surface area contributed by atoms with E-state index in [9.17, 15) is 4.79 Å². The molecule has 0 heterocycles. The second-order valence-electron chi connectivity index (χ2n) is 2.64. The Labute approximate surface area is 98.9 Å². The van der Waals surface area contributed by atoms with Gasteiger partial charge in [-0.05, 0) is 24.7 Å². The van der Waals surface area contributed by atoms with Gasteiger partial charge in [0, 0.05) is 0 Å². The predicted molar refractivity (Wildman–Crippen MR) is 58.8 cm³/mol. The van der Waals surface area contributed by atoms with Crippen molar-refractivity contribution in [3.63, 3.8) is 0 Å². The number of aliphatic hydroxyl groups excluding tert-OH is 2. The first-order valence-corrected chi connectivity index (χ1v) is 4.62. The molecule has 0 atom stereocenters. The molecule has 1 rings (SSSR count). The van der Waals surface area contributed by atoms with E-state index in [0.717, 1.165) is 12.8 Å². The highest BCUT2D eigenvalue weighted by molar-refractivity contribution is 5.72. The summed E-state index contributed by atoms with van der Waals surface area (Å²) in [5.74, 6) is 8.63.